The number of rotatable bonds is 1. The van der Waals surface area contributed by atoms with Crippen molar-refractivity contribution in [2.45, 2.75) is 12.8 Å². The molecule has 2 heterocycles. The van der Waals surface area contributed by atoms with Crippen molar-refractivity contribution >= 4 is 5.91 Å². The molecule has 1 aromatic rings. The van der Waals surface area contributed by atoms with E-state index in [9.17, 15) is 13.6 Å². The maximum atomic E-state index is 13.7. The summed E-state index contributed by atoms with van der Waals surface area (Å²) in [7, 11) is 0. The van der Waals surface area contributed by atoms with Gasteiger partial charge in [0.1, 0.15) is 11.6 Å². The minimum Gasteiger partial charge on any atom is -0.337 e. The Bertz CT molecular complexity index is 521. The molecule has 5 heteroatoms. The van der Waals surface area contributed by atoms with Crippen molar-refractivity contribution in [1.29, 1.82) is 0 Å². The number of fused-ring (bicyclic) bond motifs is 2. The molecule has 1 aromatic carbocycles. The lowest BCUT2D eigenvalue weighted by molar-refractivity contribution is 0.0741. The van der Waals surface area contributed by atoms with Crippen LogP contribution in [0.4, 0.5) is 8.78 Å². The molecule has 2 aliphatic rings. The standard InChI is InChI=1S/C15H18F2N2O/c16-12-3-4-13(14(17)8-12)15(20)19-7-6-18-5-1-2-11(9-18)10-19/h3-4,8,11H,1-2,5-7,9-10H2. The van der Waals surface area contributed by atoms with E-state index in [2.05, 4.69) is 4.90 Å². The van der Waals surface area contributed by atoms with Gasteiger partial charge in [-0.15, -0.1) is 0 Å². The van der Waals surface area contributed by atoms with Crippen molar-refractivity contribution < 1.29 is 13.6 Å². The van der Waals surface area contributed by atoms with Crippen LogP contribution in [0.2, 0.25) is 0 Å². The Morgan fingerprint density at radius 2 is 2.00 bits per heavy atom. The monoisotopic (exact) mass is 280 g/mol. The van der Waals surface area contributed by atoms with Crippen molar-refractivity contribution in [3.05, 3.63) is 35.4 Å². The minimum absolute atomic E-state index is 0.0298. The summed E-state index contributed by atoms with van der Waals surface area (Å²) in [5.41, 5.74) is -0.0298. The zero-order valence-corrected chi connectivity index (χ0v) is 11.3. The zero-order chi connectivity index (χ0) is 14.1. The third-order valence-corrected chi connectivity index (χ3v) is 4.22. The average molecular weight is 280 g/mol. The third-order valence-electron chi connectivity index (χ3n) is 4.22. The highest BCUT2D eigenvalue weighted by Crippen LogP contribution is 2.22. The fraction of sp³-hybridized carbons (Fsp3) is 0.533. The van der Waals surface area contributed by atoms with Gasteiger partial charge < -0.3 is 9.80 Å². The van der Waals surface area contributed by atoms with E-state index in [0.717, 1.165) is 44.6 Å². The van der Waals surface area contributed by atoms with Crippen LogP contribution in [0.15, 0.2) is 18.2 Å². The van der Waals surface area contributed by atoms with Crippen molar-refractivity contribution in [2.75, 3.05) is 32.7 Å². The summed E-state index contributed by atoms with van der Waals surface area (Å²) in [5, 5.41) is 0. The zero-order valence-electron chi connectivity index (χ0n) is 11.3. The maximum absolute atomic E-state index is 13.7. The molecule has 2 bridgehead atoms. The number of benzene rings is 1. The number of hydrogen-bond donors (Lipinski definition) is 0. The van der Waals surface area contributed by atoms with Gasteiger partial charge in [0.25, 0.3) is 5.91 Å². The molecule has 1 amide bonds. The molecule has 3 nitrogen and oxygen atoms in total. The van der Waals surface area contributed by atoms with Crippen LogP contribution in [-0.4, -0.2) is 48.4 Å². The Morgan fingerprint density at radius 3 is 2.80 bits per heavy atom. The lowest BCUT2D eigenvalue weighted by atomic mass is 9.98. The van der Waals surface area contributed by atoms with Crippen LogP contribution in [0.3, 0.4) is 0 Å². The third kappa shape index (κ3) is 2.68. The van der Waals surface area contributed by atoms with Crippen molar-refractivity contribution in [3.63, 3.8) is 0 Å². The van der Waals surface area contributed by atoms with E-state index in [4.69, 9.17) is 0 Å². The molecule has 0 saturated carbocycles. The lowest BCUT2D eigenvalue weighted by Gasteiger charge is -2.29. The van der Waals surface area contributed by atoms with E-state index in [0.29, 0.717) is 19.0 Å². The van der Waals surface area contributed by atoms with Gasteiger partial charge in [-0.2, -0.15) is 0 Å². The fourth-order valence-corrected chi connectivity index (χ4v) is 3.19. The number of amides is 1. The van der Waals surface area contributed by atoms with Crippen molar-refractivity contribution in [3.8, 4) is 0 Å². The van der Waals surface area contributed by atoms with Crippen molar-refractivity contribution in [2.24, 2.45) is 5.92 Å². The summed E-state index contributed by atoms with van der Waals surface area (Å²) in [6, 6.07) is 3.15. The maximum Gasteiger partial charge on any atom is 0.256 e. The fourth-order valence-electron chi connectivity index (χ4n) is 3.19. The van der Waals surface area contributed by atoms with Crippen LogP contribution in [0.1, 0.15) is 23.2 Å². The molecular weight excluding hydrogens is 262 g/mol. The molecule has 108 valence electrons. The van der Waals surface area contributed by atoms with Gasteiger partial charge in [0, 0.05) is 32.2 Å². The van der Waals surface area contributed by atoms with E-state index in [1.54, 1.807) is 4.90 Å². The number of hydrogen-bond acceptors (Lipinski definition) is 2. The quantitative estimate of drug-likeness (QED) is 0.787. The van der Waals surface area contributed by atoms with E-state index >= 15 is 0 Å². The molecule has 0 N–H and O–H groups in total. The van der Waals surface area contributed by atoms with Crippen LogP contribution >= 0.6 is 0 Å². The molecule has 20 heavy (non-hydrogen) atoms. The smallest absolute Gasteiger partial charge is 0.256 e. The number of carbonyl (C=O) groups excluding carboxylic acids is 1. The summed E-state index contributed by atoms with van der Waals surface area (Å²) in [5.74, 6) is -1.28. The predicted molar refractivity (Wildman–Crippen MR) is 71.4 cm³/mol. The first-order chi connectivity index (χ1) is 9.63. The van der Waals surface area contributed by atoms with Crippen molar-refractivity contribution in [1.82, 2.24) is 9.80 Å². The number of halogens is 2. The summed E-state index contributed by atoms with van der Waals surface area (Å²) in [4.78, 5) is 16.5. The van der Waals surface area contributed by atoms with Crippen LogP contribution in [0, 0.1) is 17.6 Å². The second kappa shape index (κ2) is 5.48. The second-order valence-electron chi connectivity index (χ2n) is 5.68. The van der Waals surface area contributed by atoms with Gasteiger partial charge in [0.05, 0.1) is 5.56 Å². The van der Waals surface area contributed by atoms with Gasteiger partial charge in [0.2, 0.25) is 0 Å². The van der Waals surface area contributed by atoms with E-state index in [1.807, 2.05) is 0 Å². The van der Waals surface area contributed by atoms with Crippen LogP contribution in [-0.2, 0) is 0 Å². The molecule has 3 rings (SSSR count). The van der Waals surface area contributed by atoms with Crippen LogP contribution in [0.25, 0.3) is 0 Å². The van der Waals surface area contributed by atoms with Gasteiger partial charge in [0.15, 0.2) is 0 Å². The molecular formula is C15H18F2N2O. The topological polar surface area (TPSA) is 23.6 Å². The van der Waals surface area contributed by atoms with E-state index in [-0.39, 0.29) is 11.5 Å². The number of nitrogens with zero attached hydrogens (tertiary/aromatic N) is 2. The number of carbonyl (C=O) groups is 1. The van der Waals surface area contributed by atoms with Crippen LogP contribution in [0.5, 0.6) is 0 Å². The largest absolute Gasteiger partial charge is 0.337 e. The molecule has 2 saturated heterocycles. The van der Waals surface area contributed by atoms with Gasteiger partial charge in [-0.25, -0.2) is 8.78 Å². The normalized spacial score (nSPS) is 26.2. The molecule has 2 unspecified atom stereocenters. The average Bonchev–Trinajstić information content (AvgIpc) is 2.56. The molecule has 2 atom stereocenters. The highest BCUT2D eigenvalue weighted by atomic mass is 19.1. The second-order valence-corrected chi connectivity index (χ2v) is 5.68. The lowest BCUT2D eigenvalue weighted by Crippen LogP contribution is -2.36. The molecule has 2 fully saturated rings. The molecule has 0 radical (unpaired) electrons. The Balaban J connectivity index is 1.79. The highest BCUT2D eigenvalue weighted by Gasteiger charge is 2.29. The van der Waals surface area contributed by atoms with Gasteiger partial charge >= 0.3 is 0 Å². The summed E-state index contributed by atoms with van der Waals surface area (Å²) < 4.78 is 26.7. The number of piperidine rings is 1. The van der Waals surface area contributed by atoms with Gasteiger partial charge in [-0.1, -0.05) is 0 Å². The molecule has 0 aromatic heterocycles. The Labute approximate surface area is 117 Å². The highest BCUT2D eigenvalue weighted by molar-refractivity contribution is 5.94. The van der Waals surface area contributed by atoms with E-state index in [1.165, 1.54) is 6.07 Å². The first-order valence-corrected chi connectivity index (χ1v) is 7.10. The van der Waals surface area contributed by atoms with E-state index < -0.39 is 11.6 Å². The summed E-state index contributed by atoms with van der Waals surface area (Å²) in [6.45, 7) is 4.24. The van der Waals surface area contributed by atoms with Gasteiger partial charge in [-0.3, -0.25) is 4.79 Å². The Morgan fingerprint density at radius 1 is 1.15 bits per heavy atom. The molecule has 0 aliphatic carbocycles. The van der Waals surface area contributed by atoms with Gasteiger partial charge in [-0.05, 0) is 37.4 Å². The summed E-state index contributed by atoms with van der Waals surface area (Å²) >= 11 is 0. The Hall–Kier alpha value is -1.49. The molecule has 0 spiro atoms. The summed E-state index contributed by atoms with van der Waals surface area (Å²) in [6.07, 6.45) is 2.28. The first kappa shape index (κ1) is 13.5. The minimum atomic E-state index is -0.775. The first-order valence-electron chi connectivity index (χ1n) is 7.10. The van der Waals surface area contributed by atoms with Crippen LogP contribution < -0.4 is 0 Å². The Kier molecular flexibility index (Phi) is 3.70. The predicted octanol–water partition coefficient (Wildman–Crippen LogP) is 2.13. The SMILES string of the molecule is O=C(c1ccc(F)cc1F)N1CCN2CCCC(C2)C1. The molecule has 2 aliphatic heterocycles.